The van der Waals surface area contributed by atoms with E-state index in [0.29, 0.717) is 48.0 Å². The first-order valence-corrected chi connectivity index (χ1v) is 12.7. The Hall–Kier alpha value is -3.42. The second-order valence-corrected chi connectivity index (χ2v) is 9.56. The summed E-state index contributed by atoms with van der Waals surface area (Å²) in [7, 11) is 0. The number of nitrogens with zero attached hydrogens (tertiary/aromatic N) is 2. The second-order valence-electron chi connectivity index (χ2n) is 8.74. The first-order valence-electron chi connectivity index (χ1n) is 12.0. The molecule has 2 N–H and O–H groups in total. The largest absolute Gasteiger partial charge is 0.365 e. The summed E-state index contributed by atoms with van der Waals surface area (Å²) >= 11 is 12.0. The molecule has 0 aromatic heterocycles. The lowest BCUT2D eigenvalue weighted by Gasteiger charge is -2.37. The van der Waals surface area contributed by atoms with Crippen molar-refractivity contribution in [2.45, 2.75) is 20.3 Å². The van der Waals surface area contributed by atoms with Crippen LogP contribution in [0.25, 0.3) is 0 Å². The Morgan fingerprint density at radius 3 is 2.19 bits per heavy atom. The average Bonchev–Trinajstić information content (AvgIpc) is 2.89. The third-order valence-electron chi connectivity index (χ3n) is 6.27. The molecule has 0 radical (unpaired) electrons. The van der Waals surface area contributed by atoms with Crippen molar-refractivity contribution in [3.8, 4) is 0 Å². The Balaban J connectivity index is 1.40. The van der Waals surface area contributed by atoms with Crippen molar-refractivity contribution >= 4 is 52.1 Å². The van der Waals surface area contributed by atoms with Gasteiger partial charge < -0.3 is 15.1 Å². The van der Waals surface area contributed by atoms with E-state index in [4.69, 9.17) is 23.8 Å². The van der Waals surface area contributed by atoms with E-state index in [1.54, 1.807) is 12.1 Å². The van der Waals surface area contributed by atoms with E-state index in [-0.39, 0.29) is 16.9 Å². The van der Waals surface area contributed by atoms with Crippen LogP contribution >= 0.6 is 23.8 Å². The molecule has 4 rings (SSSR count). The van der Waals surface area contributed by atoms with Gasteiger partial charge in [0, 0.05) is 37.3 Å². The van der Waals surface area contributed by atoms with Gasteiger partial charge in [0.05, 0.1) is 16.4 Å². The van der Waals surface area contributed by atoms with Gasteiger partial charge in [0.1, 0.15) is 0 Å². The van der Waals surface area contributed by atoms with Crippen molar-refractivity contribution < 1.29 is 9.59 Å². The number of thiocarbonyl (C=S) groups is 1. The maximum Gasteiger partial charge on any atom is 0.257 e. The third-order valence-corrected chi connectivity index (χ3v) is 6.78. The lowest BCUT2D eigenvalue weighted by molar-refractivity contribution is 0.0746. The van der Waals surface area contributed by atoms with Gasteiger partial charge >= 0.3 is 0 Å². The Kier molecular flexibility index (Phi) is 8.23. The fourth-order valence-corrected chi connectivity index (χ4v) is 4.67. The molecular weight excluding hydrogens is 492 g/mol. The number of halogens is 1. The maximum atomic E-state index is 12.9. The van der Waals surface area contributed by atoms with Crippen molar-refractivity contribution in [1.29, 1.82) is 0 Å². The number of nitrogens with one attached hydrogen (secondary N) is 2. The molecule has 8 heteroatoms. The van der Waals surface area contributed by atoms with Gasteiger partial charge in [-0.3, -0.25) is 14.9 Å². The van der Waals surface area contributed by atoms with Crippen LogP contribution in [0.3, 0.4) is 0 Å². The van der Waals surface area contributed by atoms with Crippen LogP contribution < -0.4 is 15.5 Å². The number of carbonyl (C=O) groups is 2. The minimum Gasteiger partial charge on any atom is -0.365 e. The predicted octanol–water partition coefficient (Wildman–Crippen LogP) is 5.30. The summed E-state index contributed by atoms with van der Waals surface area (Å²) in [6.07, 6.45) is 0.910. The molecule has 2 amide bonds. The number of amides is 2. The summed E-state index contributed by atoms with van der Waals surface area (Å²) in [6, 6.07) is 20.6. The van der Waals surface area contributed by atoms with E-state index in [1.165, 1.54) is 0 Å². The first-order chi connectivity index (χ1) is 17.4. The highest BCUT2D eigenvalue weighted by atomic mass is 35.5. The highest BCUT2D eigenvalue weighted by molar-refractivity contribution is 7.80. The van der Waals surface area contributed by atoms with Crippen molar-refractivity contribution in [3.05, 3.63) is 94.0 Å². The van der Waals surface area contributed by atoms with Crippen LogP contribution in [0.15, 0.2) is 66.7 Å². The minimum atomic E-state index is -0.276. The number of rotatable bonds is 5. The standard InChI is InChI=1S/C28H29ClN4O2S/c1-3-20-9-13-21(14-10-20)26(34)31-28(36)30-24-6-4-5-23(29)25(24)32-15-17-33(18-16-32)27(35)22-11-7-19(2)8-12-22/h4-14H,3,15-18H2,1-2H3,(H2,30,31,34,36). The van der Waals surface area contributed by atoms with Crippen LogP contribution in [0.5, 0.6) is 0 Å². The van der Waals surface area contributed by atoms with Gasteiger partial charge in [-0.15, -0.1) is 0 Å². The van der Waals surface area contributed by atoms with Gasteiger partial charge in [-0.2, -0.15) is 0 Å². The number of carbonyl (C=O) groups excluding carboxylic acids is 2. The molecule has 3 aromatic carbocycles. The van der Waals surface area contributed by atoms with E-state index in [0.717, 1.165) is 23.2 Å². The highest BCUT2D eigenvalue weighted by Gasteiger charge is 2.25. The molecule has 1 saturated heterocycles. The van der Waals surface area contributed by atoms with Crippen LogP contribution in [-0.2, 0) is 6.42 Å². The van der Waals surface area contributed by atoms with Crippen molar-refractivity contribution in [3.63, 3.8) is 0 Å². The van der Waals surface area contributed by atoms with Gasteiger partial charge in [-0.25, -0.2) is 0 Å². The highest BCUT2D eigenvalue weighted by Crippen LogP contribution is 2.34. The molecule has 36 heavy (non-hydrogen) atoms. The molecule has 3 aromatic rings. The average molecular weight is 521 g/mol. The summed E-state index contributed by atoms with van der Waals surface area (Å²) in [5, 5.41) is 6.64. The Labute approximate surface area is 222 Å². The molecule has 0 unspecified atom stereocenters. The lowest BCUT2D eigenvalue weighted by atomic mass is 10.1. The molecule has 1 fully saturated rings. The second kappa shape index (κ2) is 11.5. The summed E-state index contributed by atoms with van der Waals surface area (Å²) in [6.45, 7) is 6.47. The van der Waals surface area contributed by atoms with Crippen LogP contribution in [0.4, 0.5) is 11.4 Å². The zero-order valence-electron chi connectivity index (χ0n) is 20.4. The molecule has 0 atom stereocenters. The molecular formula is C28H29ClN4O2S. The summed E-state index contributed by atoms with van der Waals surface area (Å²) < 4.78 is 0. The summed E-state index contributed by atoms with van der Waals surface area (Å²) in [5.74, 6) is -0.245. The minimum absolute atomic E-state index is 0.0306. The van der Waals surface area contributed by atoms with E-state index in [1.807, 2.05) is 66.4 Å². The SMILES string of the molecule is CCc1ccc(C(=O)NC(=S)Nc2cccc(Cl)c2N2CCN(C(=O)c3ccc(C)cc3)CC2)cc1. The number of hydrogen-bond donors (Lipinski definition) is 2. The number of aryl methyl sites for hydroxylation is 2. The Morgan fingerprint density at radius 1 is 0.917 bits per heavy atom. The fourth-order valence-electron chi connectivity index (χ4n) is 4.17. The molecule has 0 saturated carbocycles. The van der Waals surface area contributed by atoms with Crippen LogP contribution in [-0.4, -0.2) is 48.0 Å². The number of anilines is 2. The molecule has 0 aliphatic carbocycles. The van der Waals surface area contributed by atoms with Crippen LogP contribution in [0.2, 0.25) is 5.02 Å². The van der Waals surface area contributed by atoms with E-state index in [2.05, 4.69) is 22.5 Å². The van der Waals surface area contributed by atoms with Crippen molar-refractivity contribution in [2.24, 2.45) is 0 Å². The van der Waals surface area contributed by atoms with Gasteiger partial charge in [0.15, 0.2) is 5.11 Å². The van der Waals surface area contributed by atoms with E-state index < -0.39 is 0 Å². The van der Waals surface area contributed by atoms with Gasteiger partial charge in [0.25, 0.3) is 11.8 Å². The number of piperazine rings is 1. The Morgan fingerprint density at radius 2 is 1.56 bits per heavy atom. The fraction of sp³-hybridized carbons (Fsp3) is 0.250. The lowest BCUT2D eigenvalue weighted by Crippen LogP contribution is -2.49. The quantitative estimate of drug-likeness (QED) is 0.447. The zero-order valence-corrected chi connectivity index (χ0v) is 22.0. The molecule has 0 bridgehead atoms. The third kappa shape index (κ3) is 6.04. The van der Waals surface area contributed by atoms with Crippen molar-refractivity contribution in [1.82, 2.24) is 10.2 Å². The zero-order chi connectivity index (χ0) is 25.7. The molecule has 0 spiro atoms. The van der Waals surface area contributed by atoms with Gasteiger partial charge in [0.2, 0.25) is 0 Å². The van der Waals surface area contributed by atoms with Crippen LogP contribution in [0.1, 0.15) is 38.8 Å². The van der Waals surface area contributed by atoms with Crippen molar-refractivity contribution in [2.75, 3.05) is 36.4 Å². The summed E-state index contributed by atoms with van der Waals surface area (Å²) in [5.41, 5.74) is 5.02. The normalized spacial score (nSPS) is 13.3. The number of benzene rings is 3. The number of hydrogen-bond acceptors (Lipinski definition) is 4. The predicted molar refractivity (Wildman–Crippen MR) is 150 cm³/mol. The molecule has 1 heterocycles. The molecule has 186 valence electrons. The van der Waals surface area contributed by atoms with E-state index in [9.17, 15) is 9.59 Å². The smallest absolute Gasteiger partial charge is 0.257 e. The molecule has 1 aliphatic heterocycles. The first kappa shape index (κ1) is 25.7. The Bertz CT molecular complexity index is 1250. The maximum absolute atomic E-state index is 12.9. The van der Waals surface area contributed by atoms with E-state index >= 15 is 0 Å². The molecule has 1 aliphatic rings. The topological polar surface area (TPSA) is 64.7 Å². The van der Waals surface area contributed by atoms with Gasteiger partial charge in [-0.1, -0.05) is 54.4 Å². The van der Waals surface area contributed by atoms with Crippen LogP contribution in [0, 0.1) is 6.92 Å². The summed E-state index contributed by atoms with van der Waals surface area (Å²) in [4.78, 5) is 29.5. The van der Waals surface area contributed by atoms with Gasteiger partial charge in [-0.05, 0) is 67.5 Å². The number of para-hydroxylation sites is 1. The monoisotopic (exact) mass is 520 g/mol. The molecule has 6 nitrogen and oxygen atoms in total.